The molecule has 1 aliphatic carbocycles. The van der Waals surface area contributed by atoms with Gasteiger partial charge in [-0.05, 0) is 48.7 Å². The van der Waals surface area contributed by atoms with E-state index in [2.05, 4.69) is 4.98 Å². The van der Waals surface area contributed by atoms with Crippen LogP contribution in [0.25, 0.3) is 11.1 Å². The second kappa shape index (κ2) is 10.0. The summed E-state index contributed by atoms with van der Waals surface area (Å²) in [5, 5.41) is 0. The zero-order valence-electron chi connectivity index (χ0n) is 17.9. The molecule has 5 rings (SSSR count). The van der Waals surface area contributed by atoms with Gasteiger partial charge in [-0.3, -0.25) is 9.78 Å². The fourth-order valence-electron chi connectivity index (χ4n) is 3.96. The summed E-state index contributed by atoms with van der Waals surface area (Å²) < 4.78 is 12.1. The smallest absolute Gasteiger partial charge is 0.225 e. The normalized spacial score (nSPS) is 16.2. The highest BCUT2D eigenvalue weighted by atomic mass is 35.5. The number of hydrogen-bond donors (Lipinski definition) is 0. The van der Waals surface area contributed by atoms with E-state index in [-0.39, 0.29) is 18.5 Å². The summed E-state index contributed by atoms with van der Waals surface area (Å²) in [6, 6.07) is 19.8. The van der Waals surface area contributed by atoms with Crippen molar-refractivity contribution in [2.45, 2.75) is 31.8 Å². The number of aromatic nitrogens is 1. The first-order valence-electron chi connectivity index (χ1n) is 11.0. The molecule has 1 saturated heterocycles. The summed E-state index contributed by atoms with van der Waals surface area (Å²) in [6.45, 7) is 1.61. The van der Waals surface area contributed by atoms with Gasteiger partial charge in [0.2, 0.25) is 5.91 Å². The minimum absolute atomic E-state index is 0. The minimum Gasteiger partial charge on any atom is -0.490 e. The van der Waals surface area contributed by atoms with Crippen molar-refractivity contribution in [3.05, 3.63) is 73.1 Å². The van der Waals surface area contributed by atoms with Gasteiger partial charge < -0.3 is 14.4 Å². The lowest BCUT2D eigenvalue weighted by atomic mass is 10.1. The van der Waals surface area contributed by atoms with E-state index in [1.54, 1.807) is 6.20 Å². The van der Waals surface area contributed by atoms with Gasteiger partial charge in [-0.1, -0.05) is 30.3 Å². The van der Waals surface area contributed by atoms with Crippen LogP contribution >= 0.6 is 12.4 Å². The number of amides is 1. The lowest BCUT2D eigenvalue weighted by Gasteiger charge is -2.32. The summed E-state index contributed by atoms with van der Waals surface area (Å²) in [4.78, 5) is 18.5. The molecule has 2 heterocycles. The van der Waals surface area contributed by atoms with E-state index in [0.29, 0.717) is 17.6 Å². The van der Waals surface area contributed by atoms with E-state index in [1.807, 2.05) is 71.8 Å². The van der Waals surface area contributed by atoms with Gasteiger partial charge in [0.05, 0.1) is 6.20 Å². The van der Waals surface area contributed by atoms with Crippen LogP contribution in [0.2, 0.25) is 0 Å². The zero-order chi connectivity index (χ0) is 21.0. The molecule has 1 aromatic heterocycles. The van der Waals surface area contributed by atoms with Gasteiger partial charge >= 0.3 is 0 Å². The van der Waals surface area contributed by atoms with E-state index in [1.165, 1.54) is 0 Å². The monoisotopic (exact) mass is 450 g/mol. The van der Waals surface area contributed by atoms with Gasteiger partial charge in [-0.25, -0.2) is 0 Å². The maximum Gasteiger partial charge on any atom is 0.225 e. The highest BCUT2D eigenvalue weighted by Crippen LogP contribution is 2.32. The van der Waals surface area contributed by atoms with E-state index >= 15 is 0 Å². The topological polar surface area (TPSA) is 51.7 Å². The molecule has 2 fully saturated rings. The quantitative estimate of drug-likeness (QED) is 0.480. The molecule has 32 heavy (non-hydrogen) atoms. The molecule has 1 aliphatic heterocycles. The van der Waals surface area contributed by atoms with Crippen LogP contribution in [0.1, 0.15) is 25.7 Å². The molecular formula is C26H27ClN2O3. The molecule has 1 amide bonds. The van der Waals surface area contributed by atoms with Crippen molar-refractivity contribution in [1.82, 2.24) is 9.88 Å². The van der Waals surface area contributed by atoms with Crippen LogP contribution in [-0.2, 0) is 4.79 Å². The van der Waals surface area contributed by atoms with Crippen molar-refractivity contribution in [1.29, 1.82) is 0 Å². The van der Waals surface area contributed by atoms with E-state index in [4.69, 9.17) is 9.47 Å². The number of nitrogens with zero attached hydrogens (tertiary/aromatic N) is 2. The number of piperidine rings is 1. The molecule has 0 radical (unpaired) electrons. The fourth-order valence-corrected chi connectivity index (χ4v) is 3.96. The molecular weight excluding hydrogens is 424 g/mol. The summed E-state index contributed by atoms with van der Waals surface area (Å²) in [6.07, 6.45) is 7.63. The Bertz CT molecular complexity index is 1030. The number of ether oxygens (including phenoxy) is 2. The zero-order valence-corrected chi connectivity index (χ0v) is 18.7. The molecule has 2 aromatic carbocycles. The van der Waals surface area contributed by atoms with E-state index in [9.17, 15) is 4.79 Å². The van der Waals surface area contributed by atoms with Crippen molar-refractivity contribution in [2.24, 2.45) is 5.92 Å². The Morgan fingerprint density at radius 3 is 2.22 bits per heavy atom. The van der Waals surface area contributed by atoms with Crippen LogP contribution in [-0.4, -0.2) is 35.0 Å². The highest BCUT2D eigenvalue weighted by Gasteiger charge is 2.35. The average Bonchev–Trinajstić information content (AvgIpc) is 3.66. The minimum atomic E-state index is 0. The van der Waals surface area contributed by atoms with Gasteiger partial charge in [-0.15, -0.1) is 12.4 Å². The van der Waals surface area contributed by atoms with Crippen molar-refractivity contribution in [2.75, 3.05) is 13.1 Å². The van der Waals surface area contributed by atoms with Crippen LogP contribution in [0, 0.1) is 5.92 Å². The number of carbonyl (C=O) groups is 1. The predicted molar refractivity (Wildman–Crippen MR) is 126 cm³/mol. The molecule has 6 heteroatoms. The van der Waals surface area contributed by atoms with Gasteiger partial charge in [0.25, 0.3) is 0 Å². The van der Waals surface area contributed by atoms with E-state index < -0.39 is 0 Å². The molecule has 0 bridgehead atoms. The van der Waals surface area contributed by atoms with Crippen LogP contribution in [0.15, 0.2) is 73.1 Å². The Balaban J connectivity index is 0.00000245. The Labute approximate surface area is 194 Å². The summed E-state index contributed by atoms with van der Waals surface area (Å²) in [5.74, 6) is 3.00. The standard InChI is InChI=1S/C26H26N2O3.ClH/c29-26(20-6-7-20)28-14-12-24(13-15-28)30-23-10-8-19(9-11-23)21-16-25(18-27-17-21)31-22-4-2-1-3-5-22;/h1-5,8-11,16-18,20,24H,6-7,12-15H2;1H. The molecule has 2 aliphatic rings. The third-order valence-electron chi connectivity index (χ3n) is 5.86. The number of pyridine rings is 1. The molecule has 166 valence electrons. The maximum absolute atomic E-state index is 12.2. The largest absolute Gasteiger partial charge is 0.490 e. The first kappa shape index (κ1) is 22.2. The SMILES string of the molecule is Cl.O=C(C1CC1)N1CCC(Oc2ccc(-c3cncc(Oc4ccccc4)c3)cc2)CC1. The van der Waals surface area contributed by atoms with Crippen molar-refractivity contribution in [3.8, 4) is 28.4 Å². The van der Waals surface area contributed by atoms with Crippen LogP contribution < -0.4 is 9.47 Å². The Kier molecular flexibility index (Phi) is 6.96. The molecule has 5 nitrogen and oxygen atoms in total. The molecule has 0 N–H and O–H groups in total. The highest BCUT2D eigenvalue weighted by molar-refractivity contribution is 5.85. The number of rotatable bonds is 6. The fraction of sp³-hybridized carbons (Fsp3) is 0.308. The van der Waals surface area contributed by atoms with Gasteiger partial charge in [0.1, 0.15) is 23.4 Å². The van der Waals surface area contributed by atoms with Gasteiger partial charge in [-0.2, -0.15) is 0 Å². The first-order chi connectivity index (χ1) is 15.2. The molecule has 0 unspecified atom stereocenters. The summed E-state index contributed by atoms with van der Waals surface area (Å²) in [7, 11) is 0. The number of para-hydroxylation sites is 1. The molecule has 3 aromatic rings. The lowest BCUT2D eigenvalue weighted by molar-refractivity contribution is -0.134. The Hall–Kier alpha value is -3.05. The summed E-state index contributed by atoms with van der Waals surface area (Å²) in [5.41, 5.74) is 2.05. The third kappa shape index (κ3) is 5.40. The number of hydrogen-bond acceptors (Lipinski definition) is 4. The second-order valence-electron chi connectivity index (χ2n) is 8.27. The van der Waals surface area contributed by atoms with Crippen molar-refractivity contribution >= 4 is 18.3 Å². The van der Waals surface area contributed by atoms with E-state index in [0.717, 1.165) is 61.4 Å². The molecule has 0 spiro atoms. The lowest BCUT2D eigenvalue weighted by Crippen LogP contribution is -2.42. The number of likely N-dealkylation sites (tertiary alicyclic amines) is 1. The average molecular weight is 451 g/mol. The number of halogens is 1. The number of benzene rings is 2. The predicted octanol–water partition coefficient (Wildman–Crippen LogP) is 5.74. The van der Waals surface area contributed by atoms with Crippen molar-refractivity contribution in [3.63, 3.8) is 0 Å². The Morgan fingerprint density at radius 2 is 1.53 bits per heavy atom. The molecule has 0 atom stereocenters. The third-order valence-corrected chi connectivity index (χ3v) is 5.86. The number of carbonyl (C=O) groups excluding carboxylic acids is 1. The Morgan fingerprint density at radius 1 is 0.812 bits per heavy atom. The van der Waals surface area contributed by atoms with Crippen molar-refractivity contribution < 1.29 is 14.3 Å². The molecule has 1 saturated carbocycles. The first-order valence-corrected chi connectivity index (χ1v) is 11.0. The van der Waals surface area contributed by atoms with Gasteiger partial charge in [0.15, 0.2) is 0 Å². The van der Waals surface area contributed by atoms with Crippen LogP contribution in [0.4, 0.5) is 0 Å². The maximum atomic E-state index is 12.2. The second-order valence-corrected chi connectivity index (χ2v) is 8.27. The van der Waals surface area contributed by atoms with Crippen LogP contribution in [0.3, 0.4) is 0 Å². The summed E-state index contributed by atoms with van der Waals surface area (Å²) >= 11 is 0. The van der Waals surface area contributed by atoms with Crippen LogP contribution in [0.5, 0.6) is 17.2 Å². The van der Waals surface area contributed by atoms with Gasteiger partial charge in [0, 0.05) is 43.6 Å².